The third kappa shape index (κ3) is 3.04. The Balaban J connectivity index is 1.63. The molecule has 0 saturated carbocycles. The topological polar surface area (TPSA) is 72.9 Å². The normalized spacial score (nSPS) is 22.8. The first-order valence-electron chi connectivity index (χ1n) is 11.0. The van der Waals surface area contributed by atoms with Crippen molar-refractivity contribution in [2.45, 2.75) is 19.4 Å². The van der Waals surface area contributed by atoms with Gasteiger partial charge in [0.2, 0.25) is 5.91 Å². The van der Waals surface area contributed by atoms with E-state index in [-0.39, 0.29) is 23.9 Å². The van der Waals surface area contributed by atoms with Crippen LogP contribution in [-0.2, 0) is 22.6 Å². The summed E-state index contributed by atoms with van der Waals surface area (Å²) in [5, 5.41) is 0. The van der Waals surface area contributed by atoms with Crippen molar-refractivity contribution in [1.82, 2.24) is 4.90 Å². The van der Waals surface area contributed by atoms with E-state index in [0.717, 1.165) is 11.1 Å². The number of carbonyl (C=O) groups is 3. The van der Waals surface area contributed by atoms with Crippen molar-refractivity contribution in [3.8, 4) is 11.5 Å². The smallest absolute Gasteiger partial charge is 0.238 e. The Bertz CT molecular complexity index is 1200. The van der Waals surface area contributed by atoms with Gasteiger partial charge in [0.05, 0.1) is 14.2 Å². The number of carbonyl (C=O) groups excluding carboxylic acids is 3. The average Bonchev–Trinajstić information content (AvgIpc) is 3.13. The number of allylic oxidation sites excluding steroid dienone is 4. The minimum Gasteiger partial charge on any atom is -0.493 e. The molecule has 1 fully saturated rings. The van der Waals surface area contributed by atoms with Crippen molar-refractivity contribution in [3.05, 3.63) is 83.5 Å². The molecule has 1 heterocycles. The Hall–Kier alpha value is -3.67. The first kappa shape index (κ1) is 21.2. The lowest BCUT2D eigenvalue weighted by Gasteiger charge is -2.50. The van der Waals surface area contributed by atoms with Gasteiger partial charge < -0.3 is 14.4 Å². The molecule has 3 aliphatic rings. The van der Waals surface area contributed by atoms with Gasteiger partial charge in [-0.15, -0.1) is 0 Å². The molecule has 6 nitrogen and oxygen atoms in total. The van der Waals surface area contributed by atoms with Crippen LogP contribution in [0.1, 0.15) is 27.9 Å². The number of piperidine rings is 1. The van der Waals surface area contributed by atoms with Gasteiger partial charge in [0.25, 0.3) is 0 Å². The molecule has 2 spiro atoms. The number of nitrogens with zero attached hydrogens (tertiary/aromatic N) is 1. The maximum absolute atomic E-state index is 14.2. The fourth-order valence-corrected chi connectivity index (χ4v) is 5.51. The summed E-state index contributed by atoms with van der Waals surface area (Å²) >= 11 is 0. The Morgan fingerprint density at radius 2 is 1.61 bits per heavy atom. The lowest BCUT2D eigenvalue weighted by molar-refractivity contribution is -0.149. The van der Waals surface area contributed by atoms with Crippen molar-refractivity contribution in [2.24, 2.45) is 10.8 Å². The SMILES string of the molecule is COc1cc2c(cc1OC)C(=O)[C@]1(C2)C(=O)N(Cc2ccccc2)CCC12C=CC(=O)C=C2. The molecule has 1 amide bonds. The number of rotatable bonds is 4. The van der Waals surface area contributed by atoms with E-state index in [2.05, 4.69) is 0 Å². The second-order valence-electron chi connectivity index (χ2n) is 8.85. The zero-order chi connectivity index (χ0) is 23.2. The van der Waals surface area contributed by atoms with E-state index in [1.807, 2.05) is 30.3 Å². The molecule has 1 atom stereocenters. The fourth-order valence-electron chi connectivity index (χ4n) is 5.51. The van der Waals surface area contributed by atoms with Crippen LogP contribution in [0.3, 0.4) is 0 Å². The highest BCUT2D eigenvalue weighted by molar-refractivity contribution is 6.19. The van der Waals surface area contributed by atoms with E-state index in [9.17, 15) is 14.4 Å². The molecule has 1 saturated heterocycles. The van der Waals surface area contributed by atoms with Gasteiger partial charge in [-0.25, -0.2) is 0 Å². The molecule has 1 aliphatic heterocycles. The average molecular weight is 443 g/mol. The quantitative estimate of drug-likeness (QED) is 0.676. The number of Topliss-reactive ketones (excluding diaryl/α,β-unsaturated/α-hetero) is 1. The molecular weight excluding hydrogens is 418 g/mol. The summed E-state index contributed by atoms with van der Waals surface area (Å²) in [6.07, 6.45) is 7.31. The lowest BCUT2D eigenvalue weighted by atomic mass is 9.55. The number of methoxy groups -OCH3 is 2. The molecule has 0 aromatic heterocycles. The number of amides is 1. The lowest BCUT2D eigenvalue weighted by Crippen LogP contribution is -2.61. The summed E-state index contributed by atoms with van der Waals surface area (Å²) in [6.45, 7) is 0.925. The first-order valence-corrected chi connectivity index (χ1v) is 11.0. The van der Waals surface area contributed by atoms with Crippen LogP contribution in [-0.4, -0.2) is 43.1 Å². The Labute approximate surface area is 192 Å². The standard InChI is InChI=1S/C27H25NO5/c1-32-22-14-19-16-27(24(30)21(19)15-23(22)33-2)25(31)28(17-18-6-4-3-5-7-18)13-12-26(27)10-8-20(29)9-11-26/h3-11,14-15H,12-13,16-17H2,1-2H3/t27-/m1/s1. The van der Waals surface area contributed by atoms with Crippen molar-refractivity contribution in [1.29, 1.82) is 0 Å². The van der Waals surface area contributed by atoms with Gasteiger partial charge in [-0.2, -0.15) is 0 Å². The summed E-state index contributed by atoms with van der Waals surface area (Å²) in [6, 6.07) is 13.2. The Morgan fingerprint density at radius 1 is 0.939 bits per heavy atom. The number of benzene rings is 2. The molecular formula is C27H25NO5. The highest BCUT2D eigenvalue weighted by Crippen LogP contribution is 2.58. The van der Waals surface area contributed by atoms with Gasteiger partial charge >= 0.3 is 0 Å². The Kier molecular flexibility index (Phi) is 4.96. The first-order chi connectivity index (χ1) is 15.9. The molecule has 6 heteroatoms. The highest BCUT2D eigenvalue weighted by atomic mass is 16.5. The van der Waals surface area contributed by atoms with Crippen LogP contribution in [0.15, 0.2) is 66.8 Å². The molecule has 0 unspecified atom stereocenters. The molecule has 0 bridgehead atoms. The number of hydrogen-bond acceptors (Lipinski definition) is 5. The summed E-state index contributed by atoms with van der Waals surface area (Å²) in [5.74, 6) is 0.390. The molecule has 2 aromatic carbocycles. The van der Waals surface area contributed by atoms with Crippen molar-refractivity contribution >= 4 is 17.5 Å². The molecule has 0 N–H and O–H groups in total. The van der Waals surface area contributed by atoms with Gasteiger partial charge in [-0.05, 0) is 48.3 Å². The second-order valence-corrected chi connectivity index (χ2v) is 8.85. The summed E-state index contributed by atoms with van der Waals surface area (Å²) in [4.78, 5) is 42.0. The van der Waals surface area contributed by atoms with Gasteiger partial charge in [-0.1, -0.05) is 42.5 Å². The number of fused-ring (bicyclic) bond motifs is 2. The molecule has 2 aliphatic carbocycles. The van der Waals surface area contributed by atoms with E-state index < -0.39 is 10.8 Å². The maximum Gasteiger partial charge on any atom is 0.238 e. The summed E-state index contributed by atoms with van der Waals surface area (Å²) < 4.78 is 10.9. The Morgan fingerprint density at radius 3 is 2.27 bits per heavy atom. The predicted octanol–water partition coefficient (Wildman–Crippen LogP) is 3.54. The summed E-state index contributed by atoms with van der Waals surface area (Å²) in [5.41, 5.74) is 0.0225. The van der Waals surface area contributed by atoms with Crippen molar-refractivity contribution < 1.29 is 23.9 Å². The monoisotopic (exact) mass is 443 g/mol. The summed E-state index contributed by atoms with van der Waals surface area (Å²) in [7, 11) is 3.07. The number of ketones is 2. The van der Waals surface area contributed by atoms with E-state index in [0.29, 0.717) is 36.6 Å². The second kappa shape index (κ2) is 7.73. The van der Waals surface area contributed by atoms with Crippen LogP contribution in [0, 0.1) is 10.8 Å². The van der Waals surface area contributed by atoms with Gasteiger partial charge in [-0.3, -0.25) is 14.4 Å². The van der Waals surface area contributed by atoms with E-state index in [1.54, 1.807) is 36.3 Å². The van der Waals surface area contributed by atoms with Crippen LogP contribution in [0.5, 0.6) is 11.5 Å². The maximum atomic E-state index is 14.2. The molecule has 168 valence electrons. The van der Waals surface area contributed by atoms with Gasteiger partial charge in [0.15, 0.2) is 23.1 Å². The molecule has 33 heavy (non-hydrogen) atoms. The molecule has 2 aromatic rings. The van der Waals surface area contributed by atoms with Crippen LogP contribution >= 0.6 is 0 Å². The zero-order valence-electron chi connectivity index (χ0n) is 18.7. The number of hydrogen-bond donors (Lipinski definition) is 0. The number of likely N-dealkylation sites (tertiary alicyclic amines) is 1. The van der Waals surface area contributed by atoms with Crippen molar-refractivity contribution in [2.75, 3.05) is 20.8 Å². The molecule has 5 rings (SSSR count). The predicted molar refractivity (Wildman–Crippen MR) is 122 cm³/mol. The van der Waals surface area contributed by atoms with Crippen LogP contribution in [0.4, 0.5) is 0 Å². The highest BCUT2D eigenvalue weighted by Gasteiger charge is 2.65. The van der Waals surface area contributed by atoms with E-state index in [1.165, 1.54) is 19.3 Å². The largest absolute Gasteiger partial charge is 0.493 e. The van der Waals surface area contributed by atoms with E-state index in [4.69, 9.17) is 9.47 Å². The third-order valence-electron chi connectivity index (χ3n) is 7.25. The van der Waals surface area contributed by atoms with Gasteiger partial charge in [0, 0.05) is 24.1 Å². The minimum absolute atomic E-state index is 0.138. The van der Waals surface area contributed by atoms with Crippen LogP contribution in [0.2, 0.25) is 0 Å². The van der Waals surface area contributed by atoms with E-state index >= 15 is 0 Å². The number of ether oxygens (including phenoxy) is 2. The van der Waals surface area contributed by atoms with Crippen molar-refractivity contribution in [3.63, 3.8) is 0 Å². The zero-order valence-corrected chi connectivity index (χ0v) is 18.7. The fraction of sp³-hybridized carbons (Fsp3) is 0.296. The molecule has 0 radical (unpaired) electrons. The van der Waals surface area contributed by atoms with Crippen LogP contribution < -0.4 is 9.47 Å². The van der Waals surface area contributed by atoms with Crippen LogP contribution in [0.25, 0.3) is 0 Å². The van der Waals surface area contributed by atoms with Gasteiger partial charge in [0.1, 0.15) is 5.41 Å². The minimum atomic E-state index is -1.35. The third-order valence-corrected chi connectivity index (χ3v) is 7.25.